The summed E-state index contributed by atoms with van der Waals surface area (Å²) >= 11 is 0. The number of aromatic amines is 1. The van der Waals surface area contributed by atoms with Crippen molar-refractivity contribution in [3.05, 3.63) is 70.0 Å². The van der Waals surface area contributed by atoms with E-state index in [2.05, 4.69) is 4.98 Å². The Kier molecular flexibility index (Phi) is 3.63. The zero-order valence-corrected chi connectivity index (χ0v) is 14.3. The minimum atomic E-state index is -3.65. The lowest BCUT2D eigenvalue weighted by molar-refractivity contribution is 0.415. The third-order valence-electron chi connectivity index (χ3n) is 4.45. The number of nitrogens with one attached hydrogen (secondary N) is 1. The minimum Gasteiger partial charge on any atom is -0.497 e. The molecule has 25 heavy (non-hydrogen) atoms. The van der Waals surface area contributed by atoms with Gasteiger partial charge in [-0.05, 0) is 30.3 Å². The highest BCUT2D eigenvalue weighted by molar-refractivity contribution is 7.89. The highest BCUT2D eigenvalue weighted by Crippen LogP contribution is 2.28. The Morgan fingerprint density at radius 2 is 1.84 bits per heavy atom. The number of fused-ring (bicyclic) bond motifs is 2. The van der Waals surface area contributed by atoms with Gasteiger partial charge < -0.3 is 9.72 Å². The number of pyridine rings is 1. The number of nitrogens with zero attached hydrogens (tertiary/aromatic N) is 1. The molecule has 0 spiro atoms. The summed E-state index contributed by atoms with van der Waals surface area (Å²) < 4.78 is 32.1. The number of aromatic nitrogens is 1. The first kappa shape index (κ1) is 15.9. The Balaban J connectivity index is 1.79. The van der Waals surface area contributed by atoms with Crippen LogP contribution in [0.25, 0.3) is 10.9 Å². The average molecular weight is 356 g/mol. The molecule has 0 bridgehead atoms. The van der Waals surface area contributed by atoms with Gasteiger partial charge in [-0.1, -0.05) is 18.2 Å². The normalized spacial score (nSPS) is 14.6. The van der Waals surface area contributed by atoms with E-state index in [1.807, 2.05) is 0 Å². The monoisotopic (exact) mass is 356 g/mol. The van der Waals surface area contributed by atoms with Gasteiger partial charge in [0.25, 0.3) is 0 Å². The fourth-order valence-corrected chi connectivity index (χ4v) is 4.50. The summed E-state index contributed by atoms with van der Waals surface area (Å²) in [6, 6.07) is 13.4. The highest BCUT2D eigenvalue weighted by atomic mass is 32.2. The van der Waals surface area contributed by atoms with E-state index in [1.165, 1.54) is 11.4 Å². The summed E-state index contributed by atoms with van der Waals surface area (Å²) in [5, 5.41) is 0.497. The van der Waals surface area contributed by atoms with Crippen molar-refractivity contribution < 1.29 is 13.2 Å². The van der Waals surface area contributed by atoms with Crippen LogP contribution in [0.1, 0.15) is 11.3 Å². The van der Waals surface area contributed by atoms with Crippen molar-refractivity contribution in [2.24, 2.45) is 0 Å². The van der Waals surface area contributed by atoms with E-state index in [-0.39, 0.29) is 23.4 Å². The second kappa shape index (κ2) is 5.72. The van der Waals surface area contributed by atoms with Gasteiger partial charge in [-0.3, -0.25) is 4.79 Å². The quantitative estimate of drug-likeness (QED) is 0.781. The molecule has 3 aromatic rings. The third kappa shape index (κ3) is 2.52. The van der Waals surface area contributed by atoms with Gasteiger partial charge in [-0.2, -0.15) is 4.31 Å². The first-order valence-corrected chi connectivity index (χ1v) is 9.21. The molecular weight excluding hydrogens is 340 g/mol. The molecule has 0 saturated carbocycles. The molecule has 0 fully saturated rings. The van der Waals surface area contributed by atoms with Crippen molar-refractivity contribution in [3.8, 4) is 5.75 Å². The van der Waals surface area contributed by atoms with Crippen LogP contribution in [0.2, 0.25) is 0 Å². The minimum absolute atomic E-state index is 0.0645. The zero-order valence-electron chi connectivity index (χ0n) is 13.5. The summed E-state index contributed by atoms with van der Waals surface area (Å²) in [5.41, 5.74) is 1.64. The summed E-state index contributed by atoms with van der Waals surface area (Å²) in [6.07, 6.45) is 0. The molecule has 4 rings (SSSR count). The van der Waals surface area contributed by atoms with Crippen LogP contribution in [-0.4, -0.2) is 24.8 Å². The van der Waals surface area contributed by atoms with Gasteiger partial charge in [0.05, 0.1) is 18.6 Å². The Morgan fingerprint density at radius 1 is 1.08 bits per heavy atom. The number of methoxy groups -OCH3 is 1. The van der Waals surface area contributed by atoms with Crippen LogP contribution >= 0.6 is 0 Å². The Labute approximate surface area is 144 Å². The van der Waals surface area contributed by atoms with Crippen molar-refractivity contribution in [3.63, 3.8) is 0 Å². The van der Waals surface area contributed by atoms with E-state index in [0.29, 0.717) is 27.9 Å². The number of hydrogen-bond acceptors (Lipinski definition) is 4. The molecule has 0 radical (unpaired) electrons. The van der Waals surface area contributed by atoms with Gasteiger partial charge in [0.1, 0.15) is 5.75 Å². The van der Waals surface area contributed by atoms with E-state index in [0.717, 1.165) is 0 Å². The largest absolute Gasteiger partial charge is 0.497 e. The highest BCUT2D eigenvalue weighted by Gasteiger charge is 2.32. The van der Waals surface area contributed by atoms with Crippen molar-refractivity contribution in [1.82, 2.24) is 9.29 Å². The van der Waals surface area contributed by atoms with Crippen LogP contribution in [0.5, 0.6) is 5.75 Å². The molecule has 1 aliphatic rings. The van der Waals surface area contributed by atoms with Crippen molar-refractivity contribution in [1.29, 1.82) is 0 Å². The van der Waals surface area contributed by atoms with Crippen molar-refractivity contribution >= 4 is 20.9 Å². The molecule has 0 atom stereocenters. The summed E-state index contributed by atoms with van der Waals surface area (Å²) in [5.74, 6) is 0.588. The molecule has 1 aromatic heterocycles. The van der Waals surface area contributed by atoms with Gasteiger partial charge >= 0.3 is 0 Å². The molecule has 1 N–H and O–H groups in total. The van der Waals surface area contributed by atoms with Crippen LogP contribution in [0.15, 0.2) is 58.2 Å². The summed E-state index contributed by atoms with van der Waals surface area (Å²) in [6.45, 7) is 0.221. The van der Waals surface area contributed by atoms with Crippen LogP contribution in [0, 0.1) is 0 Å². The molecule has 0 aliphatic carbocycles. The van der Waals surface area contributed by atoms with Crippen LogP contribution in [0.4, 0.5) is 0 Å². The molecule has 2 heterocycles. The molecule has 0 saturated heterocycles. The van der Waals surface area contributed by atoms with Crippen molar-refractivity contribution in [2.75, 3.05) is 7.11 Å². The molecule has 7 heteroatoms. The van der Waals surface area contributed by atoms with Gasteiger partial charge in [0.2, 0.25) is 10.0 Å². The van der Waals surface area contributed by atoms with E-state index in [4.69, 9.17) is 4.74 Å². The van der Waals surface area contributed by atoms with Gasteiger partial charge in [0.15, 0.2) is 5.43 Å². The first-order chi connectivity index (χ1) is 12.0. The standard InChI is InChI=1S/C18H16N2O4S/c1-24-12-7-8-16-14(9-12)18(21)15-10-20(11-17(15)19-16)25(22,23)13-5-3-2-4-6-13/h2-9H,10-11H2,1H3,(H,19,21). The van der Waals surface area contributed by atoms with Gasteiger partial charge in [0, 0.05) is 28.7 Å². The maximum absolute atomic E-state index is 12.8. The summed E-state index contributed by atoms with van der Waals surface area (Å²) in [4.78, 5) is 16.2. The molecule has 128 valence electrons. The second-order valence-electron chi connectivity index (χ2n) is 5.91. The SMILES string of the molecule is COc1ccc2[nH]c3c(c(=O)c2c1)CN(S(=O)(=O)c1ccccc1)C3. The zero-order chi connectivity index (χ0) is 17.6. The number of hydrogen-bond donors (Lipinski definition) is 1. The number of sulfonamides is 1. The van der Waals surface area contributed by atoms with Gasteiger partial charge in [-0.15, -0.1) is 0 Å². The average Bonchev–Trinajstić information content (AvgIpc) is 3.07. The Bertz CT molecular complexity index is 1120. The first-order valence-electron chi connectivity index (χ1n) is 7.77. The molecular formula is C18H16N2O4S. The molecule has 1 aliphatic heterocycles. The van der Waals surface area contributed by atoms with E-state index < -0.39 is 10.0 Å². The maximum Gasteiger partial charge on any atom is 0.243 e. The van der Waals surface area contributed by atoms with E-state index >= 15 is 0 Å². The Morgan fingerprint density at radius 3 is 2.56 bits per heavy atom. The fraction of sp³-hybridized carbons (Fsp3) is 0.167. The van der Waals surface area contributed by atoms with E-state index in [1.54, 1.807) is 48.5 Å². The van der Waals surface area contributed by atoms with Crippen molar-refractivity contribution in [2.45, 2.75) is 18.0 Å². The lowest BCUT2D eigenvalue weighted by atomic mass is 10.1. The summed E-state index contributed by atoms with van der Waals surface area (Å²) in [7, 11) is -2.11. The lowest BCUT2D eigenvalue weighted by Crippen LogP contribution is -2.26. The van der Waals surface area contributed by atoms with Gasteiger partial charge in [-0.25, -0.2) is 8.42 Å². The van der Waals surface area contributed by atoms with Crippen LogP contribution < -0.4 is 10.2 Å². The third-order valence-corrected chi connectivity index (χ3v) is 6.25. The molecule has 0 amide bonds. The number of benzene rings is 2. The predicted molar refractivity (Wildman–Crippen MR) is 94.0 cm³/mol. The van der Waals surface area contributed by atoms with Crippen LogP contribution in [0.3, 0.4) is 0 Å². The molecule has 6 nitrogen and oxygen atoms in total. The predicted octanol–water partition coefficient (Wildman–Crippen LogP) is 2.24. The number of H-pyrrole nitrogens is 1. The topological polar surface area (TPSA) is 79.5 Å². The van der Waals surface area contributed by atoms with Crippen LogP contribution in [-0.2, 0) is 23.1 Å². The fourth-order valence-electron chi connectivity index (χ4n) is 3.11. The lowest BCUT2D eigenvalue weighted by Gasteiger charge is -2.15. The van der Waals surface area contributed by atoms with E-state index in [9.17, 15) is 13.2 Å². The smallest absolute Gasteiger partial charge is 0.243 e. The maximum atomic E-state index is 12.8. The molecule has 0 unspecified atom stereocenters. The second-order valence-corrected chi connectivity index (χ2v) is 7.85. The Hall–Kier alpha value is -2.64. The number of rotatable bonds is 3. The molecule has 2 aromatic carbocycles. The number of ether oxygens (including phenoxy) is 1.